The summed E-state index contributed by atoms with van der Waals surface area (Å²) >= 11 is 0. The lowest BCUT2D eigenvalue weighted by Crippen LogP contribution is -2.52. The first kappa shape index (κ1) is 22.3. The van der Waals surface area contributed by atoms with Gasteiger partial charge in [-0.3, -0.25) is 24.5 Å². The van der Waals surface area contributed by atoms with Crippen LogP contribution in [0, 0.1) is 6.92 Å². The van der Waals surface area contributed by atoms with E-state index in [2.05, 4.69) is 15.6 Å². The van der Waals surface area contributed by atoms with Crippen molar-refractivity contribution in [2.75, 3.05) is 5.32 Å². The fourth-order valence-corrected chi connectivity index (χ4v) is 4.28. The second-order valence-electron chi connectivity index (χ2n) is 7.95. The van der Waals surface area contributed by atoms with Crippen LogP contribution in [0.15, 0.2) is 42.5 Å². The topological polar surface area (TPSA) is 111 Å². The first-order chi connectivity index (χ1) is 15.9. The molecule has 0 bridgehead atoms. The van der Waals surface area contributed by atoms with E-state index in [0.717, 1.165) is 22.0 Å². The zero-order valence-electron chi connectivity index (χ0n) is 18.8. The number of benzene rings is 2. The summed E-state index contributed by atoms with van der Waals surface area (Å²) in [6.07, 6.45) is 0.523. The van der Waals surface area contributed by atoms with Crippen LogP contribution in [-0.2, 0) is 16.1 Å². The van der Waals surface area contributed by atoms with Gasteiger partial charge in [0.2, 0.25) is 11.8 Å². The van der Waals surface area contributed by atoms with Crippen molar-refractivity contribution < 1.29 is 19.2 Å². The number of aromatic nitrogens is 1. The molecule has 2 aliphatic heterocycles. The summed E-state index contributed by atoms with van der Waals surface area (Å²) in [5.41, 5.74) is 4.23. The van der Waals surface area contributed by atoms with Gasteiger partial charge in [0.1, 0.15) is 11.7 Å². The Kier molecular flexibility index (Phi) is 6.00. The van der Waals surface area contributed by atoms with Crippen LogP contribution in [0.5, 0.6) is 0 Å². The summed E-state index contributed by atoms with van der Waals surface area (Å²) in [7, 11) is 0. The molecule has 33 heavy (non-hydrogen) atoms. The third-order valence-electron chi connectivity index (χ3n) is 5.91. The Labute approximate surface area is 191 Å². The zero-order chi connectivity index (χ0) is 23.7. The van der Waals surface area contributed by atoms with E-state index in [1.807, 2.05) is 45.0 Å². The molecule has 1 fully saturated rings. The lowest BCUT2D eigenvalue weighted by atomic mass is 10.0. The molecule has 8 heteroatoms. The van der Waals surface area contributed by atoms with Crippen LogP contribution in [0.4, 0.5) is 5.69 Å². The molecule has 0 spiro atoms. The molecule has 0 aliphatic carbocycles. The molecule has 170 valence electrons. The van der Waals surface area contributed by atoms with Gasteiger partial charge >= 0.3 is 0 Å². The predicted octanol–water partition coefficient (Wildman–Crippen LogP) is 3.52. The van der Waals surface area contributed by atoms with E-state index in [1.165, 1.54) is 4.90 Å². The quantitative estimate of drug-likeness (QED) is 0.535. The summed E-state index contributed by atoms with van der Waals surface area (Å²) in [6, 6.07) is 12.1. The highest BCUT2D eigenvalue weighted by molar-refractivity contribution is 6.08. The summed E-state index contributed by atoms with van der Waals surface area (Å²) in [5.74, 6) is -1.28. The maximum atomic E-state index is 12.8. The molecule has 2 aromatic carbocycles. The number of imide groups is 1. The number of hydrogen-bond acceptors (Lipinski definition) is 4. The predicted molar refractivity (Wildman–Crippen MR) is 125 cm³/mol. The molecular weight excluding hydrogens is 420 g/mol. The van der Waals surface area contributed by atoms with Crippen LogP contribution in [0.3, 0.4) is 0 Å². The van der Waals surface area contributed by atoms with Crippen LogP contribution >= 0.6 is 0 Å². The Hall–Kier alpha value is -3.94. The van der Waals surface area contributed by atoms with Gasteiger partial charge in [-0.2, -0.15) is 0 Å². The fourth-order valence-electron chi connectivity index (χ4n) is 4.28. The van der Waals surface area contributed by atoms with Crippen LogP contribution in [0.2, 0.25) is 0 Å². The standard InChI is InChI=1S/C23H20N4O4.C2H6/c1-12-3-2-4-17-16(12)10-18(25-17)21(29)24-14-5-6-15-13(9-14)11-27(23(15)31)19-7-8-20(28)26-22(19)30;1-2/h2-6,9-10,19,25H,7-8,11H2,1H3,(H,24,29)(H,26,28,30);1-2H3. The van der Waals surface area contributed by atoms with Crippen LogP contribution in [-0.4, -0.2) is 39.6 Å². The largest absolute Gasteiger partial charge is 0.351 e. The van der Waals surface area contributed by atoms with Crippen molar-refractivity contribution in [1.82, 2.24) is 15.2 Å². The monoisotopic (exact) mass is 446 g/mol. The van der Waals surface area contributed by atoms with E-state index in [9.17, 15) is 19.2 Å². The first-order valence-electron chi connectivity index (χ1n) is 11.1. The van der Waals surface area contributed by atoms with Gasteiger partial charge in [0.05, 0.1) is 0 Å². The highest BCUT2D eigenvalue weighted by Crippen LogP contribution is 2.29. The summed E-state index contributed by atoms with van der Waals surface area (Å²) in [5, 5.41) is 6.15. The number of anilines is 1. The molecular formula is C25H26N4O4. The number of aromatic amines is 1. The van der Waals surface area contributed by atoms with Crippen LogP contribution in [0.1, 0.15) is 58.7 Å². The van der Waals surface area contributed by atoms with Crippen molar-refractivity contribution in [3.8, 4) is 0 Å². The van der Waals surface area contributed by atoms with Crippen molar-refractivity contribution in [3.63, 3.8) is 0 Å². The van der Waals surface area contributed by atoms with Crippen molar-refractivity contribution >= 4 is 40.2 Å². The Balaban J connectivity index is 0.00000126. The average molecular weight is 447 g/mol. The minimum Gasteiger partial charge on any atom is -0.351 e. The summed E-state index contributed by atoms with van der Waals surface area (Å²) < 4.78 is 0. The van der Waals surface area contributed by atoms with E-state index in [0.29, 0.717) is 23.4 Å². The van der Waals surface area contributed by atoms with Crippen molar-refractivity contribution in [2.45, 2.75) is 46.2 Å². The molecule has 3 aromatic rings. The number of amides is 4. The lowest BCUT2D eigenvalue weighted by Gasteiger charge is -2.29. The number of fused-ring (bicyclic) bond motifs is 2. The molecule has 0 radical (unpaired) electrons. The number of carbonyl (C=O) groups is 4. The van der Waals surface area contributed by atoms with Gasteiger partial charge in [-0.1, -0.05) is 26.0 Å². The second-order valence-corrected chi connectivity index (χ2v) is 7.95. The smallest absolute Gasteiger partial charge is 0.272 e. The average Bonchev–Trinajstić information content (AvgIpc) is 3.38. The van der Waals surface area contributed by atoms with Gasteiger partial charge in [0, 0.05) is 35.1 Å². The number of H-pyrrole nitrogens is 1. The molecule has 2 aliphatic rings. The number of nitrogens with zero attached hydrogens (tertiary/aromatic N) is 1. The Morgan fingerprint density at radius 3 is 2.61 bits per heavy atom. The maximum Gasteiger partial charge on any atom is 0.272 e. The van der Waals surface area contributed by atoms with Crippen LogP contribution in [0.25, 0.3) is 10.9 Å². The molecule has 1 saturated heterocycles. The maximum absolute atomic E-state index is 12.8. The number of carbonyl (C=O) groups excluding carboxylic acids is 4. The zero-order valence-corrected chi connectivity index (χ0v) is 18.8. The molecule has 4 amide bonds. The number of piperidine rings is 1. The summed E-state index contributed by atoms with van der Waals surface area (Å²) in [4.78, 5) is 53.7. The Morgan fingerprint density at radius 1 is 1.09 bits per heavy atom. The van der Waals surface area contributed by atoms with Gasteiger partial charge in [-0.15, -0.1) is 0 Å². The van der Waals surface area contributed by atoms with Crippen molar-refractivity contribution in [1.29, 1.82) is 0 Å². The van der Waals surface area contributed by atoms with Crippen molar-refractivity contribution in [2.24, 2.45) is 0 Å². The van der Waals surface area contributed by atoms with Gasteiger partial charge in [0.15, 0.2) is 0 Å². The minimum atomic E-state index is -0.662. The molecule has 1 atom stereocenters. The number of nitrogens with one attached hydrogen (secondary N) is 3. The van der Waals surface area contributed by atoms with E-state index in [-0.39, 0.29) is 30.7 Å². The molecule has 8 nitrogen and oxygen atoms in total. The molecule has 1 unspecified atom stereocenters. The third-order valence-corrected chi connectivity index (χ3v) is 5.91. The van der Waals surface area contributed by atoms with Gasteiger partial charge in [-0.25, -0.2) is 0 Å². The Bertz CT molecular complexity index is 1280. The van der Waals surface area contributed by atoms with Crippen molar-refractivity contribution in [3.05, 3.63) is 64.8 Å². The first-order valence-corrected chi connectivity index (χ1v) is 11.1. The normalized spacial score (nSPS) is 17.4. The van der Waals surface area contributed by atoms with Gasteiger partial charge in [0.25, 0.3) is 11.8 Å². The Morgan fingerprint density at radius 2 is 1.88 bits per heavy atom. The fraction of sp³-hybridized carbons (Fsp3) is 0.280. The lowest BCUT2D eigenvalue weighted by molar-refractivity contribution is -0.136. The number of aryl methyl sites for hydroxylation is 1. The summed E-state index contributed by atoms with van der Waals surface area (Å²) in [6.45, 7) is 6.25. The molecule has 0 saturated carbocycles. The minimum absolute atomic E-state index is 0.210. The van der Waals surface area contributed by atoms with E-state index < -0.39 is 11.9 Å². The highest BCUT2D eigenvalue weighted by Gasteiger charge is 2.39. The number of rotatable bonds is 3. The molecule has 5 rings (SSSR count). The third kappa shape index (κ3) is 4.11. The molecule has 3 heterocycles. The molecule has 1 aromatic heterocycles. The number of hydrogen-bond donors (Lipinski definition) is 3. The molecule has 3 N–H and O–H groups in total. The second kappa shape index (κ2) is 8.90. The van der Waals surface area contributed by atoms with E-state index in [1.54, 1.807) is 18.2 Å². The van der Waals surface area contributed by atoms with E-state index in [4.69, 9.17) is 0 Å². The highest BCUT2D eigenvalue weighted by atomic mass is 16.2. The van der Waals surface area contributed by atoms with Crippen LogP contribution < -0.4 is 10.6 Å². The SMILES string of the molecule is CC.Cc1cccc2[nH]c(C(=O)Nc3ccc4c(c3)CN(C3CCC(=O)NC3=O)C4=O)cc12. The van der Waals surface area contributed by atoms with Gasteiger partial charge < -0.3 is 15.2 Å². The van der Waals surface area contributed by atoms with Gasteiger partial charge in [-0.05, 0) is 54.8 Å². The van der Waals surface area contributed by atoms with E-state index >= 15 is 0 Å².